The first-order valence-electron chi connectivity index (χ1n) is 6.61. The van der Waals surface area contributed by atoms with E-state index < -0.39 is 0 Å². The smallest absolute Gasteiger partial charge is 0.266 e. The molecule has 2 rings (SSSR count). The van der Waals surface area contributed by atoms with Gasteiger partial charge in [-0.1, -0.05) is 0 Å². The second-order valence-electron chi connectivity index (χ2n) is 4.49. The first-order chi connectivity index (χ1) is 10.2. The molecule has 1 aromatic carbocycles. The summed E-state index contributed by atoms with van der Waals surface area (Å²) in [6, 6.07) is 8.57. The molecule has 2 aromatic rings. The van der Waals surface area contributed by atoms with Crippen molar-refractivity contribution in [3.8, 4) is 11.5 Å². The first kappa shape index (κ1) is 15.1. The third-order valence-corrected chi connectivity index (χ3v) is 3.30. The first-order valence-corrected chi connectivity index (χ1v) is 6.61. The van der Waals surface area contributed by atoms with E-state index in [2.05, 4.69) is 10.4 Å². The molecule has 0 aliphatic rings. The molecule has 21 heavy (non-hydrogen) atoms. The lowest BCUT2D eigenvalue weighted by atomic mass is 10.1. The Morgan fingerprint density at radius 1 is 1.29 bits per heavy atom. The van der Waals surface area contributed by atoms with Gasteiger partial charge in [-0.25, -0.2) is 4.68 Å². The maximum atomic E-state index is 11.8. The number of rotatable bonds is 6. The summed E-state index contributed by atoms with van der Waals surface area (Å²) in [5.74, 6) is 1.47. The van der Waals surface area contributed by atoms with Gasteiger partial charge < -0.3 is 14.8 Å². The molecule has 0 bridgehead atoms. The number of benzene rings is 1. The average molecular weight is 289 g/mol. The highest BCUT2D eigenvalue weighted by Gasteiger charge is 2.17. The molecule has 6 heteroatoms. The van der Waals surface area contributed by atoms with Crippen LogP contribution < -0.4 is 20.3 Å². The number of aromatic nitrogens is 2. The van der Waals surface area contributed by atoms with Crippen LogP contribution in [0.3, 0.4) is 0 Å². The maximum Gasteiger partial charge on any atom is 0.266 e. The fourth-order valence-corrected chi connectivity index (χ4v) is 2.15. The van der Waals surface area contributed by atoms with Gasteiger partial charge in [-0.3, -0.25) is 4.79 Å². The van der Waals surface area contributed by atoms with Crippen LogP contribution in [-0.2, 0) is 6.54 Å². The highest BCUT2D eigenvalue weighted by atomic mass is 16.5. The molecule has 1 atom stereocenters. The van der Waals surface area contributed by atoms with E-state index in [9.17, 15) is 4.79 Å². The second-order valence-corrected chi connectivity index (χ2v) is 4.49. The summed E-state index contributed by atoms with van der Waals surface area (Å²) >= 11 is 0. The summed E-state index contributed by atoms with van der Waals surface area (Å²) in [5.41, 5.74) is 0.775. The van der Waals surface area contributed by atoms with Crippen LogP contribution in [0.25, 0.3) is 0 Å². The number of nitrogens with zero attached hydrogens (tertiary/aromatic N) is 2. The molecule has 1 aromatic heterocycles. The van der Waals surface area contributed by atoms with Crippen molar-refractivity contribution < 1.29 is 9.47 Å². The van der Waals surface area contributed by atoms with Gasteiger partial charge in [0.25, 0.3) is 5.56 Å². The summed E-state index contributed by atoms with van der Waals surface area (Å²) < 4.78 is 12.1. The SMILES string of the molecule is CNC(Cn1ncccc1=O)c1cc(OC)ccc1OC. The van der Waals surface area contributed by atoms with Crippen LogP contribution in [0.1, 0.15) is 11.6 Å². The molecule has 0 spiro atoms. The van der Waals surface area contributed by atoms with Crippen molar-refractivity contribution in [1.29, 1.82) is 0 Å². The number of methoxy groups -OCH3 is 2. The third-order valence-electron chi connectivity index (χ3n) is 3.30. The highest BCUT2D eigenvalue weighted by molar-refractivity contribution is 5.42. The summed E-state index contributed by atoms with van der Waals surface area (Å²) in [4.78, 5) is 11.8. The largest absolute Gasteiger partial charge is 0.497 e. The molecule has 6 nitrogen and oxygen atoms in total. The van der Waals surface area contributed by atoms with E-state index in [1.807, 2.05) is 25.2 Å². The summed E-state index contributed by atoms with van der Waals surface area (Å²) in [5, 5.41) is 7.27. The number of likely N-dealkylation sites (N-methyl/N-ethyl adjacent to an activating group) is 1. The van der Waals surface area contributed by atoms with Crippen molar-refractivity contribution in [2.75, 3.05) is 21.3 Å². The van der Waals surface area contributed by atoms with Gasteiger partial charge in [-0.05, 0) is 31.3 Å². The monoisotopic (exact) mass is 289 g/mol. The Labute approximate surface area is 123 Å². The lowest BCUT2D eigenvalue weighted by Crippen LogP contribution is -2.30. The van der Waals surface area contributed by atoms with E-state index in [-0.39, 0.29) is 11.6 Å². The predicted molar refractivity (Wildman–Crippen MR) is 79.8 cm³/mol. The predicted octanol–water partition coefficient (Wildman–Crippen LogP) is 1.22. The van der Waals surface area contributed by atoms with Gasteiger partial charge in [0.15, 0.2) is 0 Å². The van der Waals surface area contributed by atoms with Crippen LogP contribution in [-0.4, -0.2) is 31.0 Å². The molecule has 1 heterocycles. The molecular weight excluding hydrogens is 270 g/mol. The fraction of sp³-hybridized carbons (Fsp3) is 0.333. The van der Waals surface area contributed by atoms with Crippen molar-refractivity contribution >= 4 is 0 Å². The van der Waals surface area contributed by atoms with E-state index >= 15 is 0 Å². The van der Waals surface area contributed by atoms with E-state index in [4.69, 9.17) is 9.47 Å². The molecule has 0 saturated heterocycles. The quantitative estimate of drug-likeness (QED) is 0.866. The number of hydrogen-bond acceptors (Lipinski definition) is 5. The molecular formula is C15H19N3O3. The Bertz CT molecular complexity index is 655. The van der Waals surface area contributed by atoms with Gasteiger partial charge in [-0.15, -0.1) is 0 Å². The van der Waals surface area contributed by atoms with Gasteiger partial charge >= 0.3 is 0 Å². The van der Waals surface area contributed by atoms with E-state index in [0.29, 0.717) is 6.54 Å². The minimum absolute atomic E-state index is 0.123. The van der Waals surface area contributed by atoms with Gasteiger partial charge in [0.05, 0.1) is 26.8 Å². The average Bonchev–Trinajstić information content (AvgIpc) is 2.53. The minimum atomic E-state index is -0.139. The Morgan fingerprint density at radius 2 is 2.10 bits per heavy atom. The van der Waals surface area contributed by atoms with Crippen molar-refractivity contribution in [3.63, 3.8) is 0 Å². The number of hydrogen-bond donors (Lipinski definition) is 1. The minimum Gasteiger partial charge on any atom is -0.497 e. The zero-order valence-corrected chi connectivity index (χ0v) is 12.4. The Kier molecular flexibility index (Phi) is 4.94. The Hall–Kier alpha value is -2.34. The fourth-order valence-electron chi connectivity index (χ4n) is 2.15. The van der Waals surface area contributed by atoms with Crippen molar-refractivity contribution in [2.45, 2.75) is 12.6 Å². The summed E-state index contributed by atoms with van der Waals surface area (Å²) in [6.07, 6.45) is 1.59. The molecule has 1 unspecified atom stereocenters. The normalized spacial score (nSPS) is 12.0. The molecule has 0 aliphatic heterocycles. The molecule has 0 fully saturated rings. The molecule has 0 amide bonds. The summed E-state index contributed by atoms with van der Waals surface area (Å²) in [7, 11) is 5.06. The standard InChI is InChI=1S/C15H19N3O3/c1-16-13(10-18-15(19)5-4-8-17-18)12-9-11(20-2)6-7-14(12)21-3/h4-9,13,16H,10H2,1-3H3. The molecule has 0 saturated carbocycles. The van der Waals surface area contributed by atoms with Crippen molar-refractivity contribution in [2.24, 2.45) is 0 Å². The third kappa shape index (κ3) is 3.41. The molecule has 1 N–H and O–H groups in total. The zero-order valence-electron chi connectivity index (χ0n) is 12.4. The topological polar surface area (TPSA) is 65.4 Å². The van der Waals surface area contributed by atoms with E-state index in [1.54, 1.807) is 26.5 Å². The number of ether oxygens (including phenoxy) is 2. The number of nitrogens with one attached hydrogen (secondary N) is 1. The summed E-state index contributed by atoms with van der Waals surface area (Å²) in [6.45, 7) is 0.402. The highest BCUT2D eigenvalue weighted by Crippen LogP contribution is 2.29. The molecule has 0 aliphatic carbocycles. The molecule has 0 radical (unpaired) electrons. The molecule has 112 valence electrons. The van der Waals surface area contributed by atoms with Crippen LogP contribution in [0, 0.1) is 0 Å². The lowest BCUT2D eigenvalue weighted by molar-refractivity contribution is 0.380. The van der Waals surface area contributed by atoms with Crippen molar-refractivity contribution in [3.05, 3.63) is 52.4 Å². The maximum absolute atomic E-state index is 11.8. The van der Waals surface area contributed by atoms with E-state index in [0.717, 1.165) is 17.1 Å². The van der Waals surface area contributed by atoms with Crippen LogP contribution in [0.2, 0.25) is 0 Å². The second kappa shape index (κ2) is 6.90. The van der Waals surface area contributed by atoms with Gasteiger partial charge in [0.2, 0.25) is 0 Å². The lowest BCUT2D eigenvalue weighted by Gasteiger charge is -2.20. The van der Waals surface area contributed by atoms with Gasteiger partial charge in [0, 0.05) is 17.8 Å². The van der Waals surface area contributed by atoms with Gasteiger partial charge in [-0.2, -0.15) is 5.10 Å². The van der Waals surface area contributed by atoms with Crippen LogP contribution in [0.15, 0.2) is 41.3 Å². The Morgan fingerprint density at radius 3 is 2.71 bits per heavy atom. The van der Waals surface area contributed by atoms with E-state index in [1.165, 1.54) is 10.7 Å². The zero-order chi connectivity index (χ0) is 15.2. The van der Waals surface area contributed by atoms with Crippen LogP contribution in [0.4, 0.5) is 0 Å². The van der Waals surface area contributed by atoms with Crippen molar-refractivity contribution in [1.82, 2.24) is 15.1 Å². The van der Waals surface area contributed by atoms with Crippen LogP contribution >= 0.6 is 0 Å². The van der Waals surface area contributed by atoms with Gasteiger partial charge in [0.1, 0.15) is 11.5 Å². The Balaban J connectivity index is 2.37. The van der Waals surface area contributed by atoms with Crippen LogP contribution in [0.5, 0.6) is 11.5 Å².